The van der Waals surface area contributed by atoms with E-state index in [4.69, 9.17) is 0 Å². The predicted molar refractivity (Wildman–Crippen MR) is 56.1 cm³/mol. The fraction of sp³-hybridized carbons (Fsp3) is 0.444. The molecule has 1 fully saturated rings. The average Bonchev–Trinajstić information content (AvgIpc) is 2.05. The van der Waals surface area contributed by atoms with Gasteiger partial charge in [-0.2, -0.15) is 0 Å². The molecule has 0 aliphatic carbocycles. The molecule has 4 nitrogen and oxygen atoms in total. The number of carbonyl (C=O) groups excluding carboxylic acids is 1. The maximum absolute atomic E-state index is 11.0. The highest BCUT2D eigenvalue weighted by Gasteiger charge is 2.31. The summed E-state index contributed by atoms with van der Waals surface area (Å²) in [7, 11) is 0. The lowest BCUT2D eigenvalue weighted by Gasteiger charge is -2.37. The highest BCUT2D eigenvalue weighted by atomic mass is 79.9. The molecule has 0 N–H and O–H groups in total. The van der Waals surface area contributed by atoms with Crippen LogP contribution in [-0.4, -0.2) is 28.8 Å². The lowest BCUT2D eigenvalue weighted by molar-refractivity contribution is -0.121. The van der Waals surface area contributed by atoms with Crippen LogP contribution in [0.1, 0.15) is 6.92 Å². The molecule has 1 aliphatic heterocycles. The minimum atomic E-state index is 0.169. The van der Waals surface area contributed by atoms with E-state index in [0.717, 1.165) is 17.6 Å². The Kier molecular flexibility index (Phi) is 2.50. The van der Waals surface area contributed by atoms with Crippen LogP contribution in [0.25, 0.3) is 0 Å². The molecular weight excluding hydrogens is 246 g/mol. The van der Waals surface area contributed by atoms with Gasteiger partial charge in [-0.25, -0.2) is 9.97 Å². The van der Waals surface area contributed by atoms with E-state index in [2.05, 4.69) is 25.9 Å². The Morgan fingerprint density at radius 2 is 2.07 bits per heavy atom. The van der Waals surface area contributed by atoms with Gasteiger partial charge in [0, 0.05) is 25.5 Å². The second kappa shape index (κ2) is 3.65. The Morgan fingerprint density at radius 3 is 2.57 bits per heavy atom. The summed E-state index contributed by atoms with van der Waals surface area (Å²) in [5.74, 6) is 1.12. The summed E-state index contributed by atoms with van der Waals surface area (Å²) in [4.78, 5) is 21.3. The van der Waals surface area contributed by atoms with Crippen LogP contribution in [0, 0.1) is 5.92 Å². The fourth-order valence-electron chi connectivity index (χ4n) is 1.37. The highest BCUT2D eigenvalue weighted by molar-refractivity contribution is 9.10. The second-order valence-corrected chi connectivity index (χ2v) is 4.33. The van der Waals surface area contributed by atoms with E-state index < -0.39 is 0 Å². The zero-order chi connectivity index (χ0) is 10.1. The summed E-state index contributed by atoms with van der Waals surface area (Å²) in [6, 6.07) is 0. The highest BCUT2D eigenvalue weighted by Crippen LogP contribution is 2.21. The zero-order valence-electron chi connectivity index (χ0n) is 7.77. The maximum Gasteiger partial charge on any atom is 0.225 e. The molecule has 5 heteroatoms. The molecule has 0 aromatic carbocycles. The van der Waals surface area contributed by atoms with Crippen molar-refractivity contribution < 1.29 is 4.79 Å². The minimum absolute atomic E-state index is 0.169. The average molecular weight is 256 g/mol. The van der Waals surface area contributed by atoms with Gasteiger partial charge in [0.2, 0.25) is 5.95 Å². The monoisotopic (exact) mass is 255 g/mol. The number of carbonyl (C=O) groups is 1. The zero-order valence-corrected chi connectivity index (χ0v) is 9.36. The molecule has 0 bridgehead atoms. The topological polar surface area (TPSA) is 46.1 Å². The molecule has 0 unspecified atom stereocenters. The van der Waals surface area contributed by atoms with Crippen molar-refractivity contribution in [3.63, 3.8) is 0 Å². The van der Waals surface area contributed by atoms with Crippen molar-refractivity contribution >= 4 is 27.7 Å². The molecule has 0 atom stereocenters. The predicted octanol–water partition coefficient (Wildman–Crippen LogP) is 1.26. The summed E-state index contributed by atoms with van der Waals surface area (Å²) in [5.41, 5.74) is 0. The van der Waals surface area contributed by atoms with Gasteiger partial charge < -0.3 is 4.90 Å². The van der Waals surface area contributed by atoms with Crippen LogP contribution in [0.3, 0.4) is 0 Å². The van der Waals surface area contributed by atoms with E-state index in [1.54, 1.807) is 19.3 Å². The molecule has 0 radical (unpaired) electrons. The Morgan fingerprint density at radius 1 is 1.50 bits per heavy atom. The van der Waals surface area contributed by atoms with Crippen molar-refractivity contribution in [2.45, 2.75) is 6.92 Å². The van der Waals surface area contributed by atoms with Crippen LogP contribution in [0.2, 0.25) is 0 Å². The number of aromatic nitrogens is 2. The van der Waals surface area contributed by atoms with Gasteiger partial charge in [-0.15, -0.1) is 0 Å². The largest absolute Gasteiger partial charge is 0.339 e. The molecule has 1 aliphatic rings. The molecular formula is C9H10BrN3O. The number of Topliss-reactive ketones (excluding diaryl/α,β-unsaturated/α-hetero) is 1. The van der Waals surface area contributed by atoms with Crippen LogP contribution < -0.4 is 4.90 Å². The second-order valence-electron chi connectivity index (χ2n) is 3.41. The molecule has 0 spiro atoms. The summed E-state index contributed by atoms with van der Waals surface area (Å²) in [6.07, 6.45) is 3.42. The van der Waals surface area contributed by atoms with E-state index in [-0.39, 0.29) is 11.7 Å². The molecule has 2 rings (SSSR count). The van der Waals surface area contributed by atoms with Crippen molar-refractivity contribution in [3.8, 4) is 0 Å². The molecule has 0 amide bonds. The molecule has 74 valence electrons. The summed E-state index contributed by atoms with van der Waals surface area (Å²) in [6.45, 7) is 3.12. The van der Waals surface area contributed by atoms with Gasteiger partial charge in [-0.3, -0.25) is 4.79 Å². The van der Waals surface area contributed by atoms with Crippen LogP contribution in [-0.2, 0) is 4.79 Å². The van der Waals surface area contributed by atoms with Crippen molar-refractivity contribution in [2.24, 2.45) is 5.92 Å². The quantitative estimate of drug-likeness (QED) is 0.799. The van der Waals surface area contributed by atoms with Crippen molar-refractivity contribution in [1.29, 1.82) is 0 Å². The van der Waals surface area contributed by atoms with Crippen LogP contribution in [0.4, 0.5) is 5.95 Å². The lowest BCUT2D eigenvalue weighted by Crippen LogP contribution is -2.50. The summed E-state index contributed by atoms with van der Waals surface area (Å²) < 4.78 is 0.866. The molecule has 0 saturated carbocycles. The first-order chi connectivity index (χ1) is 6.66. The lowest BCUT2D eigenvalue weighted by atomic mass is 9.97. The van der Waals surface area contributed by atoms with Gasteiger partial charge in [0.05, 0.1) is 10.4 Å². The van der Waals surface area contributed by atoms with Crippen LogP contribution in [0.5, 0.6) is 0 Å². The van der Waals surface area contributed by atoms with Crippen molar-refractivity contribution in [2.75, 3.05) is 18.0 Å². The molecule has 14 heavy (non-hydrogen) atoms. The number of ketones is 1. The van der Waals surface area contributed by atoms with Gasteiger partial charge in [0.1, 0.15) is 5.78 Å². The van der Waals surface area contributed by atoms with Gasteiger partial charge >= 0.3 is 0 Å². The van der Waals surface area contributed by atoms with Crippen LogP contribution >= 0.6 is 15.9 Å². The van der Waals surface area contributed by atoms with Gasteiger partial charge in [0.25, 0.3) is 0 Å². The third kappa shape index (κ3) is 1.77. The first-order valence-corrected chi connectivity index (χ1v) is 5.19. The Balaban J connectivity index is 2.00. The normalized spacial score (nSPS) is 16.6. The standard InChI is InChI=1S/C9H10BrN3O/c1-6(14)7-4-13(5-7)9-11-2-8(10)3-12-9/h2-3,7H,4-5H2,1H3. The van der Waals surface area contributed by atoms with E-state index >= 15 is 0 Å². The summed E-state index contributed by atoms with van der Waals surface area (Å²) >= 11 is 3.27. The fourth-order valence-corrected chi connectivity index (χ4v) is 1.57. The molecule has 2 heterocycles. The number of halogens is 1. The minimum Gasteiger partial charge on any atom is -0.339 e. The Hall–Kier alpha value is -0.970. The van der Waals surface area contributed by atoms with Gasteiger partial charge in [-0.1, -0.05) is 0 Å². The van der Waals surface area contributed by atoms with E-state index in [1.165, 1.54) is 0 Å². The maximum atomic E-state index is 11.0. The van der Waals surface area contributed by atoms with E-state index in [1.807, 2.05) is 4.90 Å². The van der Waals surface area contributed by atoms with Crippen molar-refractivity contribution in [3.05, 3.63) is 16.9 Å². The molecule has 1 saturated heterocycles. The first-order valence-electron chi connectivity index (χ1n) is 4.40. The van der Waals surface area contributed by atoms with Crippen molar-refractivity contribution in [1.82, 2.24) is 9.97 Å². The first kappa shape index (κ1) is 9.58. The van der Waals surface area contributed by atoms with Gasteiger partial charge in [-0.05, 0) is 22.9 Å². The SMILES string of the molecule is CC(=O)C1CN(c2ncc(Br)cn2)C1. The van der Waals surface area contributed by atoms with Crippen LogP contribution in [0.15, 0.2) is 16.9 Å². The molecule has 1 aromatic rings. The number of anilines is 1. The molecule has 1 aromatic heterocycles. The van der Waals surface area contributed by atoms with E-state index in [9.17, 15) is 4.79 Å². The summed E-state index contributed by atoms with van der Waals surface area (Å²) in [5, 5.41) is 0. The number of hydrogen-bond acceptors (Lipinski definition) is 4. The van der Waals surface area contributed by atoms with E-state index in [0.29, 0.717) is 5.95 Å². The third-order valence-electron chi connectivity index (χ3n) is 2.35. The third-order valence-corrected chi connectivity index (χ3v) is 2.76. The number of hydrogen-bond donors (Lipinski definition) is 0. The van der Waals surface area contributed by atoms with Gasteiger partial charge in [0.15, 0.2) is 0 Å². The Bertz CT molecular complexity index is 346. The number of nitrogens with zero attached hydrogens (tertiary/aromatic N) is 3. The number of rotatable bonds is 2. The Labute approximate surface area is 90.5 Å². The smallest absolute Gasteiger partial charge is 0.225 e.